The second kappa shape index (κ2) is 14.8. The first-order chi connectivity index (χ1) is 19.4. The molecule has 0 bridgehead atoms. The number of carboxylic acid groups (broad SMARTS) is 1. The lowest BCUT2D eigenvalue weighted by Crippen LogP contribution is -2.29. The molecule has 0 aliphatic carbocycles. The highest BCUT2D eigenvalue weighted by Crippen LogP contribution is 2.33. The number of carbonyl (C=O) groups is 2. The minimum absolute atomic E-state index is 0.181. The summed E-state index contributed by atoms with van der Waals surface area (Å²) in [6.07, 6.45) is 11.4. The van der Waals surface area contributed by atoms with Gasteiger partial charge < -0.3 is 10.4 Å². The van der Waals surface area contributed by atoms with Gasteiger partial charge in [0.05, 0.1) is 10.5 Å². The Balaban J connectivity index is 1.38. The van der Waals surface area contributed by atoms with Crippen molar-refractivity contribution in [3.05, 3.63) is 81.1 Å². The van der Waals surface area contributed by atoms with Crippen LogP contribution in [0.1, 0.15) is 68.9 Å². The van der Waals surface area contributed by atoms with Crippen LogP contribution in [-0.2, 0) is 16.1 Å². The monoisotopic (exact) mass is 578 g/mol. The number of hydrogen-bond acceptors (Lipinski definition) is 7. The maximum atomic E-state index is 13.4. The molecule has 2 N–H and O–H groups in total. The molecule has 1 fully saturated rings. The van der Waals surface area contributed by atoms with Crippen LogP contribution in [0.15, 0.2) is 64.4 Å². The van der Waals surface area contributed by atoms with Crippen LogP contribution in [0, 0.1) is 0 Å². The first-order valence-electron chi connectivity index (χ1n) is 13.7. The molecular formula is C30H34N4O4S2. The summed E-state index contributed by atoms with van der Waals surface area (Å²) in [7, 11) is 0. The number of rotatable bonds is 15. The molecule has 1 amide bonds. The Bertz CT molecular complexity index is 1440. The highest BCUT2D eigenvalue weighted by atomic mass is 32.2. The Morgan fingerprint density at radius 3 is 2.35 bits per heavy atom. The van der Waals surface area contributed by atoms with E-state index in [0.717, 1.165) is 56.9 Å². The average Bonchev–Trinajstić information content (AvgIpc) is 3.22. The SMILES string of the molecule is O=C(O)CCCCCCCCCCN1C(=O)/C(=C/c2c(NCc3ccccc3)nc3ccccn3c2=O)SC1=S. The number of carbonyl (C=O) groups excluding carboxylic acids is 1. The summed E-state index contributed by atoms with van der Waals surface area (Å²) in [4.78, 5) is 44.0. The first-order valence-corrected chi connectivity index (χ1v) is 14.9. The van der Waals surface area contributed by atoms with Crippen molar-refractivity contribution in [2.75, 3.05) is 11.9 Å². The molecule has 1 aromatic carbocycles. The van der Waals surface area contributed by atoms with E-state index in [1.165, 1.54) is 16.2 Å². The third kappa shape index (κ3) is 8.02. The molecule has 10 heteroatoms. The van der Waals surface area contributed by atoms with Crippen molar-refractivity contribution in [3.63, 3.8) is 0 Å². The quantitative estimate of drug-likeness (QED) is 0.127. The van der Waals surface area contributed by atoms with Crippen LogP contribution < -0.4 is 10.9 Å². The summed E-state index contributed by atoms with van der Waals surface area (Å²) in [5.41, 5.74) is 1.64. The highest BCUT2D eigenvalue weighted by molar-refractivity contribution is 8.26. The Kier molecular flexibility index (Phi) is 10.9. The van der Waals surface area contributed by atoms with Crippen LogP contribution in [-0.4, -0.2) is 42.1 Å². The number of anilines is 1. The predicted molar refractivity (Wildman–Crippen MR) is 164 cm³/mol. The summed E-state index contributed by atoms with van der Waals surface area (Å²) in [6.45, 7) is 1.04. The van der Waals surface area contributed by atoms with E-state index in [0.29, 0.717) is 39.3 Å². The lowest BCUT2D eigenvalue weighted by atomic mass is 10.1. The Morgan fingerprint density at radius 1 is 0.950 bits per heavy atom. The van der Waals surface area contributed by atoms with Crippen LogP contribution in [0.3, 0.4) is 0 Å². The minimum atomic E-state index is -0.730. The number of hydrogen-bond donors (Lipinski definition) is 2. The number of amides is 1. The number of nitrogens with zero attached hydrogens (tertiary/aromatic N) is 3. The van der Waals surface area contributed by atoms with E-state index in [2.05, 4.69) is 10.3 Å². The van der Waals surface area contributed by atoms with Crippen LogP contribution in [0.2, 0.25) is 0 Å². The fraction of sp³-hybridized carbons (Fsp3) is 0.367. The number of nitrogens with one attached hydrogen (secondary N) is 1. The van der Waals surface area contributed by atoms with E-state index >= 15 is 0 Å². The largest absolute Gasteiger partial charge is 0.481 e. The van der Waals surface area contributed by atoms with E-state index in [1.54, 1.807) is 29.3 Å². The standard InChI is InChI=1S/C30H34N4O4S2/c35-26(36)17-10-5-3-1-2-4-6-12-19-34-29(38)24(40-30(34)39)20-23-27(31-21-22-14-8-7-9-15-22)32-25-16-11-13-18-33(25)28(23)37/h7-9,11,13-16,18,20,31H,1-6,10,12,17,19,21H2,(H,35,36)/b24-20-. The van der Waals surface area contributed by atoms with Crippen LogP contribution in [0.4, 0.5) is 5.82 Å². The number of benzene rings is 1. The topological polar surface area (TPSA) is 104 Å². The molecule has 2 aromatic heterocycles. The Labute approximate surface area is 243 Å². The number of thiocarbonyl (C=S) groups is 1. The number of aliphatic carboxylic acids is 1. The molecule has 40 heavy (non-hydrogen) atoms. The summed E-state index contributed by atoms with van der Waals surface area (Å²) < 4.78 is 1.98. The molecule has 0 radical (unpaired) electrons. The summed E-state index contributed by atoms with van der Waals surface area (Å²) >= 11 is 6.74. The van der Waals surface area contributed by atoms with Crippen LogP contribution in [0.25, 0.3) is 11.7 Å². The van der Waals surface area contributed by atoms with Gasteiger partial charge in [-0.3, -0.25) is 23.7 Å². The highest BCUT2D eigenvalue weighted by Gasteiger charge is 2.32. The smallest absolute Gasteiger partial charge is 0.303 e. The number of fused-ring (bicyclic) bond motifs is 1. The summed E-state index contributed by atoms with van der Waals surface area (Å²) in [6, 6.07) is 15.2. The fourth-order valence-corrected chi connectivity index (χ4v) is 5.87. The van der Waals surface area contributed by atoms with Crippen molar-refractivity contribution in [1.29, 1.82) is 0 Å². The van der Waals surface area contributed by atoms with Crippen molar-refractivity contribution >= 4 is 57.7 Å². The van der Waals surface area contributed by atoms with Gasteiger partial charge in [-0.15, -0.1) is 0 Å². The lowest BCUT2D eigenvalue weighted by Gasteiger charge is -2.14. The van der Waals surface area contributed by atoms with Crippen molar-refractivity contribution in [1.82, 2.24) is 14.3 Å². The molecule has 0 unspecified atom stereocenters. The molecule has 3 aromatic rings. The number of carboxylic acids is 1. The van der Waals surface area contributed by atoms with E-state index in [1.807, 2.05) is 36.4 Å². The predicted octanol–water partition coefficient (Wildman–Crippen LogP) is 6.10. The fourth-order valence-electron chi connectivity index (χ4n) is 4.58. The van der Waals surface area contributed by atoms with Crippen LogP contribution >= 0.6 is 24.0 Å². The van der Waals surface area contributed by atoms with Gasteiger partial charge in [-0.25, -0.2) is 4.98 Å². The van der Waals surface area contributed by atoms with Gasteiger partial charge >= 0.3 is 5.97 Å². The molecule has 210 valence electrons. The third-order valence-corrected chi connectivity index (χ3v) is 8.12. The Hall–Kier alpha value is -3.50. The Morgan fingerprint density at radius 2 is 1.62 bits per heavy atom. The molecule has 0 saturated carbocycles. The van der Waals surface area contributed by atoms with Gasteiger partial charge in [0.1, 0.15) is 15.8 Å². The van der Waals surface area contributed by atoms with Gasteiger partial charge in [-0.1, -0.05) is 98.9 Å². The molecule has 1 saturated heterocycles. The van der Waals surface area contributed by atoms with Crippen LogP contribution in [0.5, 0.6) is 0 Å². The summed E-state index contributed by atoms with van der Waals surface area (Å²) in [5, 5.41) is 12.0. The maximum absolute atomic E-state index is 13.4. The zero-order valence-electron chi connectivity index (χ0n) is 22.4. The second-order valence-electron chi connectivity index (χ2n) is 9.75. The van der Waals surface area contributed by atoms with E-state index in [-0.39, 0.29) is 17.9 Å². The number of thioether (sulfide) groups is 1. The molecule has 0 atom stereocenters. The maximum Gasteiger partial charge on any atom is 0.303 e. The van der Waals surface area contributed by atoms with E-state index < -0.39 is 5.97 Å². The molecular weight excluding hydrogens is 544 g/mol. The average molecular weight is 579 g/mol. The number of aromatic nitrogens is 2. The lowest BCUT2D eigenvalue weighted by molar-refractivity contribution is -0.137. The van der Waals surface area contributed by atoms with Gasteiger partial charge in [0.25, 0.3) is 11.5 Å². The van der Waals surface area contributed by atoms with E-state index in [9.17, 15) is 14.4 Å². The molecule has 4 rings (SSSR count). The van der Waals surface area contributed by atoms with E-state index in [4.69, 9.17) is 17.3 Å². The first kappa shape index (κ1) is 29.5. The molecule has 3 heterocycles. The van der Waals surface area contributed by atoms with Gasteiger partial charge in [0.2, 0.25) is 0 Å². The molecule has 0 spiro atoms. The second-order valence-corrected chi connectivity index (χ2v) is 11.4. The van der Waals surface area contributed by atoms with Crippen molar-refractivity contribution in [2.45, 2.75) is 64.3 Å². The number of unbranched alkanes of at least 4 members (excludes halogenated alkanes) is 7. The normalized spacial score (nSPS) is 14.4. The summed E-state index contributed by atoms with van der Waals surface area (Å²) in [5.74, 6) is -0.486. The van der Waals surface area contributed by atoms with Crippen molar-refractivity contribution in [3.8, 4) is 0 Å². The van der Waals surface area contributed by atoms with Crippen molar-refractivity contribution in [2.24, 2.45) is 0 Å². The van der Waals surface area contributed by atoms with Crippen molar-refractivity contribution < 1.29 is 14.7 Å². The van der Waals surface area contributed by atoms with Gasteiger partial charge in [-0.05, 0) is 36.6 Å². The van der Waals surface area contributed by atoms with Gasteiger partial charge in [0.15, 0.2) is 0 Å². The minimum Gasteiger partial charge on any atom is -0.481 e. The molecule has 8 nitrogen and oxygen atoms in total. The molecule has 1 aliphatic rings. The van der Waals surface area contributed by atoms with Gasteiger partial charge in [-0.2, -0.15) is 0 Å². The third-order valence-electron chi connectivity index (χ3n) is 6.74. The number of pyridine rings is 1. The molecule has 1 aliphatic heterocycles. The van der Waals surface area contributed by atoms with Gasteiger partial charge in [0, 0.05) is 25.7 Å². The zero-order chi connectivity index (χ0) is 28.3. The zero-order valence-corrected chi connectivity index (χ0v) is 24.0.